The van der Waals surface area contributed by atoms with Crippen molar-refractivity contribution in [1.29, 1.82) is 0 Å². The molecule has 124 valence electrons. The van der Waals surface area contributed by atoms with Crippen molar-refractivity contribution in [1.82, 2.24) is 10.7 Å². The summed E-state index contributed by atoms with van der Waals surface area (Å²) in [4.78, 5) is 26.5. The number of rotatable bonds is 8. The number of halogens is 1. The van der Waals surface area contributed by atoms with Gasteiger partial charge in [-0.3, -0.25) is 4.99 Å². The number of aliphatic carboxylic acids is 1. The number of hydrazine groups is 1. The number of carbonyl (C=O) groups is 2. The topological polar surface area (TPSA) is 126 Å². The maximum atomic E-state index is 11.5. The first-order valence-corrected chi connectivity index (χ1v) is 6.43. The van der Waals surface area contributed by atoms with E-state index in [4.69, 9.17) is 15.7 Å². The van der Waals surface area contributed by atoms with Gasteiger partial charge in [-0.05, 0) is 40.0 Å². The van der Waals surface area contributed by atoms with Crippen molar-refractivity contribution in [3.05, 3.63) is 0 Å². The van der Waals surface area contributed by atoms with Gasteiger partial charge in [0.15, 0.2) is 0 Å². The number of carboxylic acid groups (broad SMARTS) is 1. The van der Waals surface area contributed by atoms with E-state index in [0.29, 0.717) is 25.8 Å². The smallest absolute Gasteiger partial charge is 0.408 e. The van der Waals surface area contributed by atoms with Crippen LogP contribution in [0.3, 0.4) is 0 Å². The molecule has 0 aromatic rings. The zero-order chi connectivity index (χ0) is 15.6. The fourth-order valence-electron chi connectivity index (χ4n) is 1.38. The highest BCUT2D eigenvalue weighted by molar-refractivity contribution is 5.85. The number of alkyl carbamates (subject to hydrolysis) is 1. The molecule has 0 fully saturated rings. The van der Waals surface area contributed by atoms with Crippen molar-refractivity contribution in [3.8, 4) is 0 Å². The lowest BCUT2D eigenvalue weighted by molar-refractivity contribution is -0.139. The predicted octanol–water partition coefficient (Wildman–Crippen LogP) is 1.05. The van der Waals surface area contributed by atoms with Gasteiger partial charge < -0.3 is 20.6 Å². The quantitative estimate of drug-likeness (QED) is 0.174. The zero-order valence-corrected chi connectivity index (χ0v) is 13.4. The highest BCUT2D eigenvalue weighted by Crippen LogP contribution is 2.08. The molecule has 1 amide bonds. The molecule has 0 radical (unpaired) electrons. The van der Waals surface area contributed by atoms with E-state index in [0.717, 1.165) is 0 Å². The van der Waals surface area contributed by atoms with Gasteiger partial charge in [-0.1, -0.05) is 0 Å². The molecule has 0 saturated carbocycles. The Morgan fingerprint density at radius 2 is 2.00 bits per heavy atom. The number of carboxylic acids is 1. The summed E-state index contributed by atoms with van der Waals surface area (Å²) in [5, 5.41) is 11.4. The average molecular weight is 325 g/mol. The van der Waals surface area contributed by atoms with E-state index in [1.807, 2.05) is 0 Å². The van der Waals surface area contributed by atoms with E-state index in [1.165, 1.54) is 6.34 Å². The number of nitrogens with one attached hydrogen (secondary N) is 2. The SMILES string of the molecule is CC(C)(C)OC(=O)N[C@@H](CCCCN=CNN)C(=O)O.Cl. The Labute approximate surface area is 130 Å². The molecular formula is C12H25ClN4O4. The van der Waals surface area contributed by atoms with Crippen molar-refractivity contribution in [2.75, 3.05) is 6.54 Å². The Morgan fingerprint density at radius 1 is 1.38 bits per heavy atom. The van der Waals surface area contributed by atoms with E-state index in [2.05, 4.69) is 15.7 Å². The van der Waals surface area contributed by atoms with Gasteiger partial charge >= 0.3 is 12.1 Å². The van der Waals surface area contributed by atoms with E-state index in [-0.39, 0.29) is 12.4 Å². The van der Waals surface area contributed by atoms with Crippen LogP contribution in [0.15, 0.2) is 4.99 Å². The van der Waals surface area contributed by atoms with Crippen molar-refractivity contribution in [2.24, 2.45) is 10.8 Å². The summed E-state index contributed by atoms with van der Waals surface area (Å²) in [7, 11) is 0. The fourth-order valence-corrected chi connectivity index (χ4v) is 1.38. The lowest BCUT2D eigenvalue weighted by atomic mass is 10.1. The largest absolute Gasteiger partial charge is 0.480 e. The summed E-state index contributed by atoms with van der Waals surface area (Å²) in [5.74, 6) is 3.92. The number of unbranched alkanes of at least 4 members (excludes halogenated alkanes) is 1. The second kappa shape index (κ2) is 11.2. The molecule has 5 N–H and O–H groups in total. The molecule has 0 aromatic heterocycles. The lowest BCUT2D eigenvalue weighted by Crippen LogP contribution is -2.43. The van der Waals surface area contributed by atoms with Gasteiger partial charge in [0.2, 0.25) is 0 Å². The number of hydrogen-bond acceptors (Lipinski definition) is 5. The molecule has 0 saturated heterocycles. The number of hydrogen-bond donors (Lipinski definition) is 4. The molecule has 0 spiro atoms. The molecule has 0 aliphatic carbocycles. The van der Waals surface area contributed by atoms with E-state index in [1.54, 1.807) is 20.8 Å². The Morgan fingerprint density at radius 3 is 2.48 bits per heavy atom. The fraction of sp³-hybridized carbons (Fsp3) is 0.750. The first-order valence-electron chi connectivity index (χ1n) is 6.43. The monoisotopic (exact) mass is 324 g/mol. The van der Waals surface area contributed by atoms with Crippen molar-refractivity contribution >= 4 is 30.8 Å². The highest BCUT2D eigenvalue weighted by atomic mass is 35.5. The minimum atomic E-state index is -1.08. The molecule has 9 heteroatoms. The second-order valence-electron chi connectivity index (χ2n) is 5.23. The minimum absolute atomic E-state index is 0. The van der Waals surface area contributed by atoms with Crippen LogP contribution in [0, 0.1) is 0 Å². The number of aliphatic imine (C=N–C) groups is 1. The molecule has 0 aromatic carbocycles. The van der Waals surface area contributed by atoms with Gasteiger partial charge in [-0.25, -0.2) is 15.4 Å². The van der Waals surface area contributed by atoms with E-state index < -0.39 is 23.7 Å². The summed E-state index contributed by atoms with van der Waals surface area (Å²) >= 11 is 0. The Balaban J connectivity index is 0. The third kappa shape index (κ3) is 13.2. The van der Waals surface area contributed by atoms with Gasteiger partial charge in [-0.2, -0.15) is 0 Å². The highest BCUT2D eigenvalue weighted by Gasteiger charge is 2.23. The number of nitrogens with two attached hydrogens (primary N) is 1. The zero-order valence-electron chi connectivity index (χ0n) is 12.6. The van der Waals surface area contributed by atoms with E-state index >= 15 is 0 Å². The Hall–Kier alpha value is -1.54. The number of carbonyl (C=O) groups excluding carboxylic acids is 1. The standard InChI is InChI=1S/C12H24N4O4.ClH/c1-12(2,3)20-11(19)16-9(10(17)18)6-4-5-7-14-8-15-13;/h8-9H,4-7,13H2,1-3H3,(H,14,15)(H,16,19)(H,17,18);1H/t9-;/m0./s1. The number of amides is 1. The van der Waals surface area contributed by atoms with Crippen LogP contribution in [0.4, 0.5) is 4.79 Å². The summed E-state index contributed by atoms with van der Waals surface area (Å²) in [6, 6.07) is -0.957. The maximum absolute atomic E-state index is 11.5. The van der Waals surface area contributed by atoms with Crippen LogP contribution in [0.2, 0.25) is 0 Å². The molecule has 0 rings (SSSR count). The minimum Gasteiger partial charge on any atom is -0.480 e. The Kier molecular flexibility index (Phi) is 11.6. The maximum Gasteiger partial charge on any atom is 0.408 e. The van der Waals surface area contributed by atoms with Gasteiger partial charge in [0.1, 0.15) is 11.6 Å². The van der Waals surface area contributed by atoms with Crippen molar-refractivity contribution < 1.29 is 19.4 Å². The lowest BCUT2D eigenvalue weighted by Gasteiger charge is -2.21. The van der Waals surface area contributed by atoms with Crippen LogP contribution in [-0.2, 0) is 9.53 Å². The molecule has 0 unspecified atom stereocenters. The normalized spacial score (nSPS) is 12.4. The van der Waals surface area contributed by atoms with Crippen molar-refractivity contribution in [3.63, 3.8) is 0 Å². The Bertz CT molecular complexity index is 345. The molecular weight excluding hydrogens is 300 g/mol. The van der Waals surface area contributed by atoms with Crippen LogP contribution < -0.4 is 16.6 Å². The van der Waals surface area contributed by atoms with E-state index in [9.17, 15) is 9.59 Å². The third-order valence-electron chi connectivity index (χ3n) is 2.18. The van der Waals surface area contributed by atoms with Crippen LogP contribution in [0.5, 0.6) is 0 Å². The molecule has 1 atom stereocenters. The first-order chi connectivity index (χ1) is 9.26. The average Bonchev–Trinajstić information content (AvgIpc) is 2.29. The number of ether oxygens (including phenoxy) is 1. The van der Waals surface area contributed by atoms with Gasteiger partial charge in [0.05, 0.1) is 6.34 Å². The van der Waals surface area contributed by atoms with Crippen LogP contribution in [-0.4, -0.2) is 41.7 Å². The molecule has 0 aliphatic heterocycles. The predicted molar refractivity (Wildman–Crippen MR) is 82.6 cm³/mol. The van der Waals surface area contributed by atoms with Gasteiger partial charge in [-0.15, -0.1) is 12.4 Å². The third-order valence-corrected chi connectivity index (χ3v) is 2.18. The van der Waals surface area contributed by atoms with Crippen LogP contribution >= 0.6 is 12.4 Å². The molecule has 8 nitrogen and oxygen atoms in total. The summed E-state index contributed by atoms with van der Waals surface area (Å²) in [6.07, 6.45) is 2.29. The molecule has 21 heavy (non-hydrogen) atoms. The van der Waals surface area contributed by atoms with Crippen LogP contribution in [0.1, 0.15) is 40.0 Å². The second-order valence-corrected chi connectivity index (χ2v) is 5.23. The van der Waals surface area contributed by atoms with Crippen molar-refractivity contribution in [2.45, 2.75) is 51.7 Å². The van der Waals surface area contributed by atoms with Crippen LogP contribution in [0.25, 0.3) is 0 Å². The molecule has 0 bridgehead atoms. The summed E-state index contributed by atoms with van der Waals surface area (Å²) in [5.41, 5.74) is 1.62. The first kappa shape index (κ1) is 21.8. The van der Waals surface area contributed by atoms with Gasteiger partial charge in [0.25, 0.3) is 0 Å². The number of nitrogens with zero attached hydrogens (tertiary/aromatic N) is 1. The van der Waals surface area contributed by atoms with Gasteiger partial charge in [0, 0.05) is 6.54 Å². The summed E-state index contributed by atoms with van der Waals surface area (Å²) in [6.45, 7) is 5.69. The molecule has 0 aliphatic rings. The summed E-state index contributed by atoms with van der Waals surface area (Å²) < 4.78 is 5.02. The molecule has 0 heterocycles.